The highest BCUT2D eigenvalue weighted by Gasteiger charge is 2.65. The number of carbonyl (C=O) groups is 4. The van der Waals surface area contributed by atoms with Crippen LogP contribution >= 0.6 is 12.2 Å². The largest absolute Gasteiger partial charge is 0.508 e. The monoisotopic (exact) mass is 549 g/mol. The molecular weight excluding hydrogens is 526 g/mol. The summed E-state index contributed by atoms with van der Waals surface area (Å²) in [6, 6.07) is 9.90. The van der Waals surface area contributed by atoms with Gasteiger partial charge in [-0.3, -0.25) is 19.2 Å². The molecule has 12 heteroatoms. The molecule has 5 rings (SSSR count). The van der Waals surface area contributed by atoms with E-state index in [1.54, 1.807) is 30.3 Å². The van der Waals surface area contributed by atoms with E-state index in [2.05, 4.69) is 5.32 Å². The quantitative estimate of drug-likeness (QED) is 0.237. The van der Waals surface area contributed by atoms with Crippen LogP contribution in [-0.4, -0.2) is 66.5 Å². The Labute approximate surface area is 226 Å². The van der Waals surface area contributed by atoms with Crippen LogP contribution in [0, 0.1) is 5.92 Å². The van der Waals surface area contributed by atoms with Gasteiger partial charge in [0.1, 0.15) is 27.8 Å². The molecule has 0 saturated heterocycles. The molecule has 0 aromatic heterocycles. The van der Waals surface area contributed by atoms with Crippen LogP contribution in [0.5, 0.6) is 5.75 Å². The maximum absolute atomic E-state index is 14.0. The lowest BCUT2D eigenvalue weighted by atomic mass is 9.60. The summed E-state index contributed by atoms with van der Waals surface area (Å²) in [7, 11) is 0. The number of hydrogen-bond donors (Lipinski definition) is 6. The Bertz CT molecular complexity index is 1550. The summed E-state index contributed by atoms with van der Waals surface area (Å²) in [5, 5.41) is 47.2. The van der Waals surface area contributed by atoms with Crippen molar-refractivity contribution in [2.45, 2.75) is 31.0 Å². The molecule has 3 aliphatic rings. The molecule has 200 valence electrons. The van der Waals surface area contributed by atoms with Crippen LogP contribution in [0.25, 0.3) is 5.76 Å². The first-order valence-electron chi connectivity index (χ1n) is 11.9. The number of rotatable bonds is 3. The first-order chi connectivity index (χ1) is 18.4. The van der Waals surface area contributed by atoms with E-state index in [1.165, 1.54) is 30.0 Å². The minimum absolute atomic E-state index is 0.0560. The maximum Gasteiger partial charge on any atom is 0.255 e. The number of phenols is 1. The molecule has 2 aromatic carbocycles. The summed E-state index contributed by atoms with van der Waals surface area (Å²) in [4.78, 5) is 53.8. The van der Waals surface area contributed by atoms with Gasteiger partial charge in [0.2, 0.25) is 11.7 Å². The molecule has 0 radical (unpaired) electrons. The SMILES string of the molecule is CC(=O)N1c2cccc(O)c2C(O)=C2C(=O)C3(O)C(O)=C(C(N)=O)C(=O)C(NC(=S)c4ccccc4)C3CC21. The number of fused-ring (bicyclic) bond motifs is 3. The third-order valence-corrected chi connectivity index (χ3v) is 7.81. The van der Waals surface area contributed by atoms with Gasteiger partial charge in [-0.05, 0) is 18.6 Å². The summed E-state index contributed by atoms with van der Waals surface area (Å²) in [5.74, 6) is -8.06. The molecule has 2 aliphatic carbocycles. The number of thiocarbonyl (C=S) groups is 1. The highest BCUT2D eigenvalue weighted by molar-refractivity contribution is 7.80. The van der Waals surface area contributed by atoms with Crippen molar-refractivity contribution in [2.24, 2.45) is 11.7 Å². The van der Waals surface area contributed by atoms with Crippen molar-refractivity contribution in [1.82, 2.24) is 5.32 Å². The fourth-order valence-corrected chi connectivity index (χ4v) is 6.00. The number of aliphatic hydroxyl groups excluding tert-OH is 2. The number of nitrogens with one attached hydrogen (secondary N) is 1. The van der Waals surface area contributed by atoms with Crippen LogP contribution in [0.15, 0.2) is 65.4 Å². The number of carbonyl (C=O) groups excluding carboxylic acids is 4. The van der Waals surface area contributed by atoms with Gasteiger partial charge in [0.05, 0.1) is 28.9 Å². The summed E-state index contributed by atoms with van der Waals surface area (Å²) in [6.07, 6.45) is -0.326. The maximum atomic E-state index is 14.0. The zero-order chi connectivity index (χ0) is 28.4. The van der Waals surface area contributed by atoms with Crippen LogP contribution in [0.4, 0.5) is 5.69 Å². The van der Waals surface area contributed by atoms with Crippen LogP contribution in [0.2, 0.25) is 0 Å². The van der Waals surface area contributed by atoms with Crippen LogP contribution in [-0.2, 0) is 19.2 Å². The molecule has 2 aromatic rings. The van der Waals surface area contributed by atoms with Crippen LogP contribution < -0.4 is 16.0 Å². The Hall–Kier alpha value is -4.55. The third kappa shape index (κ3) is 3.63. The molecule has 0 bridgehead atoms. The zero-order valence-electron chi connectivity index (χ0n) is 20.4. The number of anilines is 1. The van der Waals surface area contributed by atoms with Gasteiger partial charge in [0.25, 0.3) is 5.91 Å². The number of aromatic hydroxyl groups is 1. The van der Waals surface area contributed by atoms with Gasteiger partial charge in [-0.2, -0.15) is 0 Å². The molecule has 39 heavy (non-hydrogen) atoms. The predicted octanol–water partition coefficient (Wildman–Crippen LogP) is 0.931. The number of phenolic OH excluding ortho intramolecular Hbond substituents is 1. The topological polar surface area (TPSA) is 190 Å². The minimum Gasteiger partial charge on any atom is -0.508 e. The highest BCUT2D eigenvalue weighted by Crippen LogP contribution is 2.52. The lowest BCUT2D eigenvalue weighted by molar-refractivity contribution is -0.148. The second-order valence-electron chi connectivity index (χ2n) is 9.55. The molecule has 1 saturated carbocycles. The van der Waals surface area contributed by atoms with Gasteiger partial charge in [-0.1, -0.05) is 48.6 Å². The number of Topliss-reactive ketones (excluding diaryl/α,β-unsaturated/α-hetero) is 2. The van der Waals surface area contributed by atoms with Crippen LogP contribution in [0.1, 0.15) is 24.5 Å². The third-order valence-electron chi connectivity index (χ3n) is 7.46. The number of nitrogens with zero attached hydrogens (tertiary/aromatic N) is 1. The number of ketones is 2. The van der Waals surface area contributed by atoms with E-state index in [4.69, 9.17) is 18.0 Å². The average Bonchev–Trinajstić information content (AvgIpc) is 2.88. The fraction of sp³-hybridized carbons (Fsp3) is 0.222. The van der Waals surface area contributed by atoms with E-state index in [-0.39, 0.29) is 22.7 Å². The Morgan fingerprint density at radius 3 is 2.36 bits per heavy atom. The molecule has 1 heterocycles. The molecule has 1 fully saturated rings. The fourth-order valence-electron chi connectivity index (χ4n) is 5.74. The first kappa shape index (κ1) is 26.1. The van der Waals surface area contributed by atoms with Gasteiger partial charge in [-0.15, -0.1) is 0 Å². The normalized spacial score (nSPS) is 26.0. The van der Waals surface area contributed by atoms with Crippen molar-refractivity contribution in [3.05, 3.63) is 76.6 Å². The Balaban J connectivity index is 1.72. The number of primary amides is 1. The van der Waals surface area contributed by atoms with E-state index in [0.29, 0.717) is 5.56 Å². The van der Waals surface area contributed by atoms with E-state index in [1.807, 2.05) is 0 Å². The van der Waals surface area contributed by atoms with E-state index in [0.717, 1.165) is 0 Å². The van der Waals surface area contributed by atoms with Crippen molar-refractivity contribution in [3.63, 3.8) is 0 Å². The van der Waals surface area contributed by atoms with Crippen molar-refractivity contribution < 1.29 is 39.6 Å². The molecule has 7 N–H and O–H groups in total. The van der Waals surface area contributed by atoms with Crippen molar-refractivity contribution in [2.75, 3.05) is 4.90 Å². The minimum atomic E-state index is -2.90. The smallest absolute Gasteiger partial charge is 0.255 e. The van der Waals surface area contributed by atoms with Gasteiger partial charge < -0.3 is 36.4 Å². The number of nitrogens with two attached hydrogens (primary N) is 1. The van der Waals surface area contributed by atoms with Crippen molar-refractivity contribution in [1.29, 1.82) is 0 Å². The molecular formula is C27H23N3O8S. The van der Waals surface area contributed by atoms with Gasteiger partial charge in [0, 0.05) is 18.4 Å². The number of amides is 2. The number of hydrogen-bond acceptors (Lipinski definition) is 9. The Morgan fingerprint density at radius 2 is 1.74 bits per heavy atom. The molecule has 1 aliphatic heterocycles. The Kier molecular flexibility index (Phi) is 6.04. The molecule has 11 nitrogen and oxygen atoms in total. The predicted molar refractivity (Wildman–Crippen MR) is 142 cm³/mol. The molecule has 4 unspecified atom stereocenters. The van der Waals surface area contributed by atoms with E-state index < -0.39 is 75.4 Å². The second-order valence-corrected chi connectivity index (χ2v) is 9.95. The number of benzene rings is 2. The standard InChI is InChI=1S/C27H23N3O8S/c1-11(31)30-14-8-5-9-16(32)17(14)21(33)18-15(30)10-13-20(29-26(39)12-6-3-2-4-7-12)22(34)19(25(28)37)24(36)27(13,38)23(18)35/h2-9,13,15,20,32-33,36,38H,10H2,1H3,(H2,28,37)(H,29,39). The highest BCUT2D eigenvalue weighted by atomic mass is 32.1. The van der Waals surface area contributed by atoms with Gasteiger partial charge in [-0.25, -0.2) is 0 Å². The lowest BCUT2D eigenvalue weighted by Crippen LogP contribution is -2.68. The molecule has 4 atom stereocenters. The lowest BCUT2D eigenvalue weighted by Gasteiger charge is -2.51. The summed E-state index contributed by atoms with van der Waals surface area (Å²) in [5.41, 5.74) is 1.39. The molecule has 0 spiro atoms. The van der Waals surface area contributed by atoms with Gasteiger partial charge >= 0.3 is 0 Å². The first-order valence-corrected chi connectivity index (χ1v) is 12.3. The zero-order valence-corrected chi connectivity index (χ0v) is 21.2. The Morgan fingerprint density at radius 1 is 1.08 bits per heavy atom. The van der Waals surface area contributed by atoms with Gasteiger partial charge in [0.15, 0.2) is 11.4 Å². The van der Waals surface area contributed by atoms with Crippen molar-refractivity contribution in [3.8, 4) is 5.75 Å². The van der Waals surface area contributed by atoms with Crippen LogP contribution in [0.3, 0.4) is 0 Å². The number of aliphatic hydroxyl groups is 3. The summed E-state index contributed by atoms with van der Waals surface area (Å²) >= 11 is 5.45. The second kappa shape index (κ2) is 9.03. The molecule has 2 amide bonds. The van der Waals surface area contributed by atoms with E-state index in [9.17, 15) is 39.6 Å². The summed E-state index contributed by atoms with van der Waals surface area (Å²) < 4.78 is 0. The van der Waals surface area contributed by atoms with Crippen molar-refractivity contribution >= 4 is 52.0 Å². The average molecular weight is 550 g/mol. The van der Waals surface area contributed by atoms with E-state index >= 15 is 0 Å². The summed E-state index contributed by atoms with van der Waals surface area (Å²) in [6.45, 7) is 1.22.